The summed E-state index contributed by atoms with van der Waals surface area (Å²) in [6.45, 7) is 0.364. The number of hydrogen-bond donors (Lipinski definition) is 1. The van der Waals surface area contributed by atoms with E-state index in [2.05, 4.69) is 0 Å². The van der Waals surface area contributed by atoms with E-state index >= 15 is 0 Å². The maximum absolute atomic E-state index is 11.9. The van der Waals surface area contributed by atoms with Crippen molar-refractivity contribution in [1.29, 1.82) is 0 Å². The van der Waals surface area contributed by atoms with Gasteiger partial charge in [-0.05, 0) is 18.6 Å². The lowest BCUT2D eigenvalue weighted by Crippen LogP contribution is -2.13. The summed E-state index contributed by atoms with van der Waals surface area (Å²) in [4.78, 5) is 23.1. The Balaban J connectivity index is 1.83. The summed E-state index contributed by atoms with van der Waals surface area (Å²) in [5.74, 6) is 0.0190. The highest BCUT2D eigenvalue weighted by atomic mass is 16.5. The number of carbonyl (C=O) groups is 2. The van der Waals surface area contributed by atoms with Crippen molar-refractivity contribution in [2.24, 2.45) is 5.73 Å². The number of para-hydroxylation sites is 1. The highest BCUT2D eigenvalue weighted by Crippen LogP contribution is 2.17. The van der Waals surface area contributed by atoms with Crippen molar-refractivity contribution in [2.75, 3.05) is 6.61 Å². The van der Waals surface area contributed by atoms with E-state index in [0.717, 1.165) is 0 Å². The summed E-state index contributed by atoms with van der Waals surface area (Å²) in [7, 11) is 0. The summed E-state index contributed by atoms with van der Waals surface area (Å²) >= 11 is 0. The van der Waals surface area contributed by atoms with E-state index < -0.39 is 5.91 Å². The Morgan fingerprint density at radius 2 is 1.62 bits per heavy atom. The van der Waals surface area contributed by atoms with Crippen LogP contribution in [0.4, 0.5) is 0 Å². The average molecular weight is 283 g/mol. The number of benzene rings is 2. The van der Waals surface area contributed by atoms with E-state index in [1.807, 2.05) is 18.2 Å². The maximum Gasteiger partial charge on any atom is 0.252 e. The third-order valence-electron chi connectivity index (χ3n) is 3.05. The van der Waals surface area contributed by atoms with Gasteiger partial charge in [-0.3, -0.25) is 9.59 Å². The molecule has 2 aromatic rings. The number of carbonyl (C=O) groups excluding carboxylic acids is 2. The molecule has 4 nitrogen and oxygen atoms in total. The molecule has 0 fully saturated rings. The molecular weight excluding hydrogens is 266 g/mol. The van der Waals surface area contributed by atoms with Crippen molar-refractivity contribution in [3.63, 3.8) is 0 Å². The molecule has 2 aromatic carbocycles. The fraction of sp³-hybridized carbons (Fsp3) is 0.176. The minimum atomic E-state index is -0.522. The molecule has 2 rings (SSSR count). The topological polar surface area (TPSA) is 69.4 Å². The zero-order valence-electron chi connectivity index (χ0n) is 11.6. The van der Waals surface area contributed by atoms with Gasteiger partial charge in [0.2, 0.25) is 0 Å². The van der Waals surface area contributed by atoms with Gasteiger partial charge in [0.25, 0.3) is 5.91 Å². The number of hydrogen-bond acceptors (Lipinski definition) is 3. The van der Waals surface area contributed by atoms with E-state index in [1.54, 1.807) is 36.4 Å². The smallest absolute Gasteiger partial charge is 0.252 e. The fourth-order valence-corrected chi connectivity index (χ4v) is 1.98. The van der Waals surface area contributed by atoms with Gasteiger partial charge in [-0.15, -0.1) is 0 Å². The Labute approximate surface area is 123 Å². The van der Waals surface area contributed by atoms with Gasteiger partial charge in [0.1, 0.15) is 5.75 Å². The Morgan fingerprint density at radius 3 is 2.33 bits per heavy atom. The number of primary amides is 1. The molecule has 0 spiro atoms. The van der Waals surface area contributed by atoms with Crippen molar-refractivity contribution < 1.29 is 14.3 Å². The number of Topliss-reactive ketones (excluding diaryl/α,β-unsaturated/α-hetero) is 1. The summed E-state index contributed by atoms with van der Waals surface area (Å²) < 4.78 is 5.53. The summed E-state index contributed by atoms with van der Waals surface area (Å²) in [6.07, 6.45) is 0.990. The molecule has 108 valence electrons. The minimum absolute atomic E-state index is 0.0855. The third-order valence-corrected chi connectivity index (χ3v) is 3.05. The predicted octanol–water partition coefficient (Wildman–Crippen LogP) is 2.83. The van der Waals surface area contributed by atoms with Crippen LogP contribution in [0.15, 0.2) is 54.6 Å². The predicted molar refractivity (Wildman–Crippen MR) is 80.5 cm³/mol. The van der Waals surface area contributed by atoms with Crippen LogP contribution in [0.25, 0.3) is 0 Å². The van der Waals surface area contributed by atoms with Crippen molar-refractivity contribution >= 4 is 11.7 Å². The Morgan fingerprint density at radius 1 is 0.952 bits per heavy atom. The fourth-order valence-electron chi connectivity index (χ4n) is 1.98. The highest BCUT2D eigenvalue weighted by Gasteiger charge is 2.09. The molecule has 0 bridgehead atoms. The Hall–Kier alpha value is -2.62. The highest BCUT2D eigenvalue weighted by molar-refractivity contribution is 5.96. The number of amides is 1. The van der Waals surface area contributed by atoms with E-state index in [0.29, 0.717) is 36.3 Å². The SMILES string of the molecule is NC(=O)c1ccccc1OCCCC(=O)c1ccccc1. The lowest BCUT2D eigenvalue weighted by molar-refractivity contribution is 0.0966. The van der Waals surface area contributed by atoms with Gasteiger partial charge in [0, 0.05) is 12.0 Å². The van der Waals surface area contributed by atoms with E-state index in [1.165, 1.54) is 0 Å². The van der Waals surface area contributed by atoms with Crippen LogP contribution in [0.1, 0.15) is 33.6 Å². The molecule has 1 amide bonds. The molecule has 0 aliphatic rings. The molecule has 0 saturated heterocycles. The van der Waals surface area contributed by atoms with Gasteiger partial charge in [0.05, 0.1) is 12.2 Å². The van der Waals surface area contributed by atoms with Crippen molar-refractivity contribution in [3.05, 3.63) is 65.7 Å². The number of rotatable bonds is 7. The van der Waals surface area contributed by atoms with Crippen molar-refractivity contribution in [1.82, 2.24) is 0 Å². The molecular formula is C17H17NO3. The Bertz CT molecular complexity index is 623. The maximum atomic E-state index is 11.9. The first-order valence-electron chi connectivity index (χ1n) is 6.78. The van der Waals surface area contributed by atoms with Gasteiger partial charge in [-0.2, -0.15) is 0 Å². The molecule has 0 heterocycles. The lowest BCUT2D eigenvalue weighted by Gasteiger charge is -2.09. The van der Waals surface area contributed by atoms with Gasteiger partial charge < -0.3 is 10.5 Å². The van der Waals surface area contributed by atoms with Gasteiger partial charge in [-0.25, -0.2) is 0 Å². The van der Waals surface area contributed by atoms with Crippen molar-refractivity contribution in [2.45, 2.75) is 12.8 Å². The third kappa shape index (κ3) is 4.18. The quantitative estimate of drug-likeness (QED) is 0.627. The molecule has 0 unspecified atom stereocenters. The van der Waals surface area contributed by atoms with Gasteiger partial charge in [0.15, 0.2) is 5.78 Å². The van der Waals surface area contributed by atoms with Crippen LogP contribution in [0.3, 0.4) is 0 Å². The molecule has 0 atom stereocenters. The second-order valence-corrected chi connectivity index (χ2v) is 4.60. The molecule has 21 heavy (non-hydrogen) atoms. The van der Waals surface area contributed by atoms with Crippen molar-refractivity contribution in [3.8, 4) is 5.75 Å². The average Bonchev–Trinajstić information content (AvgIpc) is 2.52. The zero-order chi connectivity index (χ0) is 15.1. The molecule has 0 saturated carbocycles. The van der Waals surface area contributed by atoms with Crippen LogP contribution in [-0.4, -0.2) is 18.3 Å². The molecule has 0 aromatic heterocycles. The zero-order valence-corrected chi connectivity index (χ0v) is 11.6. The van der Waals surface area contributed by atoms with Crippen LogP contribution < -0.4 is 10.5 Å². The van der Waals surface area contributed by atoms with E-state index in [9.17, 15) is 9.59 Å². The Kier molecular flexibility index (Phi) is 5.10. The van der Waals surface area contributed by atoms with Crippen LogP contribution in [-0.2, 0) is 0 Å². The second kappa shape index (κ2) is 7.24. The summed E-state index contributed by atoms with van der Waals surface area (Å²) in [5.41, 5.74) is 6.33. The number of ether oxygens (including phenoxy) is 1. The molecule has 0 aliphatic carbocycles. The monoisotopic (exact) mass is 283 g/mol. The van der Waals surface area contributed by atoms with Crippen LogP contribution in [0.5, 0.6) is 5.75 Å². The molecule has 2 N–H and O–H groups in total. The van der Waals surface area contributed by atoms with Gasteiger partial charge in [-0.1, -0.05) is 42.5 Å². The molecule has 0 radical (unpaired) electrons. The summed E-state index contributed by atoms with van der Waals surface area (Å²) in [6, 6.07) is 16.0. The van der Waals surface area contributed by atoms with Crippen LogP contribution >= 0.6 is 0 Å². The molecule has 4 heteroatoms. The second-order valence-electron chi connectivity index (χ2n) is 4.60. The van der Waals surface area contributed by atoms with E-state index in [-0.39, 0.29) is 5.78 Å². The van der Waals surface area contributed by atoms with E-state index in [4.69, 9.17) is 10.5 Å². The minimum Gasteiger partial charge on any atom is -0.493 e. The standard InChI is InChI=1S/C17H17NO3/c18-17(20)14-9-4-5-11-16(14)21-12-6-10-15(19)13-7-2-1-3-8-13/h1-5,7-9,11H,6,10,12H2,(H2,18,20). The normalized spacial score (nSPS) is 10.1. The first kappa shape index (κ1) is 14.8. The lowest BCUT2D eigenvalue weighted by atomic mass is 10.1. The number of ketones is 1. The number of nitrogens with two attached hydrogens (primary N) is 1. The first-order chi connectivity index (χ1) is 10.2. The van der Waals surface area contributed by atoms with Gasteiger partial charge >= 0.3 is 0 Å². The molecule has 0 aliphatic heterocycles. The summed E-state index contributed by atoms with van der Waals surface area (Å²) in [5, 5.41) is 0. The first-order valence-corrected chi connectivity index (χ1v) is 6.78. The van der Waals surface area contributed by atoms with Crippen LogP contribution in [0, 0.1) is 0 Å². The largest absolute Gasteiger partial charge is 0.493 e. The van der Waals surface area contributed by atoms with Crippen LogP contribution in [0.2, 0.25) is 0 Å².